The van der Waals surface area contributed by atoms with E-state index in [1.165, 1.54) is 18.2 Å². The molecule has 0 fully saturated rings. The van der Waals surface area contributed by atoms with Crippen LogP contribution < -0.4 is 15.2 Å². The zero-order valence-corrected chi connectivity index (χ0v) is 11.8. The summed E-state index contributed by atoms with van der Waals surface area (Å²) in [4.78, 5) is 0. The molecule has 0 spiro atoms. The Labute approximate surface area is 118 Å². The van der Waals surface area contributed by atoms with Crippen LogP contribution in [0.3, 0.4) is 0 Å². The van der Waals surface area contributed by atoms with Gasteiger partial charge in [0, 0.05) is 0 Å². The molecular formula is C12H15BrF3NO2. The van der Waals surface area contributed by atoms with Gasteiger partial charge in [0.25, 0.3) is 0 Å². The van der Waals surface area contributed by atoms with E-state index >= 15 is 0 Å². The van der Waals surface area contributed by atoms with E-state index in [1.807, 2.05) is 0 Å². The number of nitrogens with two attached hydrogens (primary N) is 1. The topological polar surface area (TPSA) is 44.5 Å². The number of hydrogen-bond donors (Lipinski definition) is 1. The molecule has 108 valence electrons. The molecule has 19 heavy (non-hydrogen) atoms. The van der Waals surface area contributed by atoms with E-state index in [0.717, 1.165) is 19.3 Å². The summed E-state index contributed by atoms with van der Waals surface area (Å²) in [7, 11) is 0. The van der Waals surface area contributed by atoms with E-state index in [0.29, 0.717) is 18.9 Å². The molecule has 1 aromatic rings. The van der Waals surface area contributed by atoms with Gasteiger partial charge >= 0.3 is 6.36 Å². The van der Waals surface area contributed by atoms with E-state index in [-0.39, 0.29) is 10.2 Å². The Balaban J connectivity index is 2.47. The lowest BCUT2D eigenvalue weighted by molar-refractivity contribution is -0.274. The van der Waals surface area contributed by atoms with Crippen LogP contribution >= 0.6 is 15.9 Å². The van der Waals surface area contributed by atoms with Gasteiger partial charge in [0.1, 0.15) is 11.5 Å². The standard InChI is InChI=1S/C12H15BrF3NO2/c13-10-8-9(18-7-3-1-2-6-17)4-5-11(10)19-12(14,15)16/h4-5,8H,1-3,6-7,17H2. The minimum absolute atomic E-state index is 0.198. The van der Waals surface area contributed by atoms with Gasteiger partial charge in [-0.1, -0.05) is 0 Å². The maximum Gasteiger partial charge on any atom is 0.573 e. The van der Waals surface area contributed by atoms with Crippen molar-refractivity contribution in [1.29, 1.82) is 0 Å². The van der Waals surface area contributed by atoms with Crippen molar-refractivity contribution in [3.63, 3.8) is 0 Å². The van der Waals surface area contributed by atoms with E-state index in [4.69, 9.17) is 10.5 Å². The molecule has 0 bridgehead atoms. The molecule has 0 amide bonds. The second-order valence-electron chi connectivity index (χ2n) is 3.84. The van der Waals surface area contributed by atoms with Crippen LogP contribution in [0.15, 0.2) is 22.7 Å². The molecule has 1 aromatic carbocycles. The average Bonchev–Trinajstić information content (AvgIpc) is 2.31. The minimum atomic E-state index is -4.70. The zero-order valence-electron chi connectivity index (χ0n) is 10.2. The number of benzene rings is 1. The highest BCUT2D eigenvalue weighted by atomic mass is 79.9. The summed E-state index contributed by atoms with van der Waals surface area (Å²) in [6.07, 6.45) is -1.94. The first kappa shape index (κ1) is 16.1. The second kappa shape index (κ2) is 7.59. The first-order valence-corrected chi connectivity index (χ1v) is 6.60. The molecule has 3 nitrogen and oxygen atoms in total. The average molecular weight is 342 g/mol. The van der Waals surface area contributed by atoms with E-state index < -0.39 is 6.36 Å². The number of unbranched alkanes of at least 4 members (excludes halogenated alkanes) is 2. The van der Waals surface area contributed by atoms with Gasteiger partial charge in [0.2, 0.25) is 0 Å². The smallest absolute Gasteiger partial charge is 0.494 e. The van der Waals surface area contributed by atoms with Gasteiger partial charge in [-0.25, -0.2) is 0 Å². The van der Waals surface area contributed by atoms with E-state index in [2.05, 4.69) is 20.7 Å². The zero-order chi connectivity index (χ0) is 14.3. The van der Waals surface area contributed by atoms with Crippen LogP contribution in [0.1, 0.15) is 19.3 Å². The lowest BCUT2D eigenvalue weighted by atomic mass is 10.2. The molecule has 0 heterocycles. The monoisotopic (exact) mass is 341 g/mol. The van der Waals surface area contributed by atoms with Gasteiger partial charge in [0.05, 0.1) is 11.1 Å². The molecule has 1 rings (SSSR count). The van der Waals surface area contributed by atoms with Crippen molar-refractivity contribution in [2.75, 3.05) is 13.2 Å². The predicted molar refractivity (Wildman–Crippen MR) is 69.2 cm³/mol. The Hall–Kier alpha value is -0.950. The maximum absolute atomic E-state index is 12.1. The Bertz CT molecular complexity index is 399. The molecule has 0 atom stereocenters. The predicted octanol–water partition coefficient (Wildman–Crippen LogP) is 3.86. The Morgan fingerprint density at radius 3 is 2.47 bits per heavy atom. The summed E-state index contributed by atoms with van der Waals surface area (Å²) in [5.41, 5.74) is 5.36. The van der Waals surface area contributed by atoms with Gasteiger partial charge < -0.3 is 15.2 Å². The third-order valence-corrected chi connectivity index (χ3v) is 2.87. The highest BCUT2D eigenvalue weighted by Gasteiger charge is 2.31. The molecule has 7 heteroatoms. The van der Waals surface area contributed by atoms with Gasteiger partial charge in [-0.15, -0.1) is 13.2 Å². The number of ether oxygens (including phenoxy) is 2. The Morgan fingerprint density at radius 1 is 1.16 bits per heavy atom. The summed E-state index contributed by atoms with van der Waals surface area (Å²) < 4.78 is 45.6. The summed E-state index contributed by atoms with van der Waals surface area (Å²) in [5, 5.41) is 0. The largest absolute Gasteiger partial charge is 0.573 e. The fourth-order valence-electron chi connectivity index (χ4n) is 1.39. The fourth-order valence-corrected chi connectivity index (χ4v) is 1.83. The third-order valence-electron chi connectivity index (χ3n) is 2.25. The van der Waals surface area contributed by atoms with Gasteiger partial charge in [-0.05, 0) is 59.9 Å². The van der Waals surface area contributed by atoms with Gasteiger partial charge in [-0.2, -0.15) is 0 Å². The summed E-state index contributed by atoms with van der Waals surface area (Å²) in [6.45, 7) is 1.15. The highest BCUT2D eigenvalue weighted by Crippen LogP contribution is 2.33. The van der Waals surface area contributed by atoms with Gasteiger partial charge in [-0.3, -0.25) is 0 Å². The van der Waals surface area contributed by atoms with Gasteiger partial charge in [0.15, 0.2) is 0 Å². The van der Waals surface area contributed by atoms with Crippen molar-refractivity contribution in [3.8, 4) is 11.5 Å². The minimum Gasteiger partial charge on any atom is -0.494 e. The van der Waals surface area contributed by atoms with Crippen LogP contribution in [0.2, 0.25) is 0 Å². The first-order chi connectivity index (χ1) is 8.92. The molecule has 0 saturated heterocycles. The molecule has 0 aliphatic rings. The quantitative estimate of drug-likeness (QED) is 0.766. The number of alkyl halides is 3. The second-order valence-corrected chi connectivity index (χ2v) is 4.69. The maximum atomic E-state index is 12.1. The van der Waals surface area contributed by atoms with Crippen molar-refractivity contribution in [2.24, 2.45) is 5.73 Å². The lowest BCUT2D eigenvalue weighted by Gasteiger charge is -2.12. The number of halogens is 4. The van der Waals surface area contributed by atoms with Crippen LogP contribution in [0.5, 0.6) is 11.5 Å². The van der Waals surface area contributed by atoms with Crippen molar-refractivity contribution < 1.29 is 22.6 Å². The highest BCUT2D eigenvalue weighted by molar-refractivity contribution is 9.10. The SMILES string of the molecule is NCCCCCOc1ccc(OC(F)(F)F)c(Br)c1. The molecule has 0 aromatic heterocycles. The van der Waals surface area contributed by atoms with E-state index in [1.54, 1.807) is 0 Å². The lowest BCUT2D eigenvalue weighted by Crippen LogP contribution is -2.17. The number of hydrogen-bond acceptors (Lipinski definition) is 3. The van der Waals surface area contributed by atoms with Crippen LogP contribution in [0, 0.1) is 0 Å². The van der Waals surface area contributed by atoms with Crippen LogP contribution in [-0.4, -0.2) is 19.5 Å². The normalized spacial score (nSPS) is 11.4. The molecule has 0 saturated carbocycles. The molecule has 2 N–H and O–H groups in total. The summed E-state index contributed by atoms with van der Waals surface area (Å²) in [6, 6.07) is 4.10. The molecule has 0 radical (unpaired) electrons. The van der Waals surface area contributed by atoms with Crippen molar-refractivity contribution in [1.82, 2.24) is 0 Å². The Kier molecular flexibility index (Phi) is 6.44. The van der Waals surface area contributed by atoms with Crippen LogP contribution in [0.4, 0.5) is 13.2 Å². The van der Waals surface area contributed by atoms with Crippen molar-refractivity contribution in [2.45, 2.75) is 25.6 Å². The van der Waals surface area contributed by atoms with Crippen LogP contribution in [0.25, 0.3) is 0 Å². The van der Waals surface area contributed by atoms with Crippen LogP contribution in [-0.2, 0) is 0 Å². The number of rotatable bonds is 7. The molecule has 0 aliphatic heterocycles. The van der Waals surface area contributed by atoms with Crippen molar-refractivity contribution >= 4 is 15.9 Å². The van der Waals surface area contributed by atoms with Crippen molar-refractivity contribution in [3.05, 3.63) is 22.7 Å². The third kappa shape index (κ3) is 6.68. The fraction of sp³-hybridized carbons (Fsp3) is 0.500. The first-order valence-electron chi connectivity index (χ1n) is 5.80. The molecular weight excluding hydrogens is 327 g/mol. The van der Waals surface area contributed by atoms with E-state index in [9.17, 15) is 13.2 Å². The summed E-state index contributed by atoms with van der Waals surface area (Å²) in [5.74, 6) is 0.206. The summed E-state index contributed by atoms with van der Waals surface area (Å²) >= 11 is 3.01. The molecule has 0 unspecified atom stereocenters. The Morgan fingerprint density at radius 2 is 1.89 bits per heavy atom. The molecule has 0 aliphatic carbocycles.